The summed E-state index contributed by atoms with van der Waals surface area (Å²) in [5.74, 6) is 0.0483. The van der Waals surface area contributed by atoms with Crippen molar-refractivity contribution in [2.24, 2.45) is 0 Å². The standard InChI is InChI=1S/C14H11N5O2/c15-14-16-8-12(19(20)21)13(18-14)17-11-7-3-5-9-4-1-2-6-10(9)11/h1-8H,(H3,15,16,17,18). The Bertz CT molecular complexity index is 829. The number of anilines is 3. The molecule has 0 fully saturated rings. The minimum Gasteiger partial charge on any atom is -0.368 e. The third-order valence-electron chi connectivity index (χ3n) is 3.03. The van der Waals surface area contributed by atoms with Gasteiger partial charge in [-0.1, -0.05) is 36.4 Å². The van der Waals surface area contributed by atoms with Crippen LogP contribution in [0.15, 0.2) is 48.7 Å². The van der Waals surface area contributed by atoms with Crippen LogP contribution in [0, 0.1) is 10.1 Å². The van der Waals surface area contributed by atoms with Crippen LogP contribution in [-0.4, -0.2) is 14.9 Å². The van der Waals surface area contributed by atoms with Crippen LogP contribution in [0.25, 0.3) is 10.8 Å². The second-order valence-electron chi connectivity index (χ2n) is 4.37. The summed E-state index contributed by atoms with van der Waals surface area (Å²) in [5, 5.41) is 16.0. The first-order valence-electron chi connectivity index (χ1n) is 6.17. The minimum absolute atomic E-state index is 0.0247. The summed E-state index contributed by atoms with van der Waals surface area (Å²) in [6.07, 6.45) is 1.09. The zero-order valence-electron chi connectivity index (χ0n) is 10.9. The summed E-state index contributed by atoms with van der Waals surface area (Å²) in [6, 6.07) is 13.4. The van der Waals surface area contributed by atoms with Gasteiger partial charge in [0.05, 0.1) is 4.92 Å². The summed E-state index contributed by atoms with van der Waals surface area (Å²) >= 11 is 0. The lowest BCUT2D eigenvalue weighted by atomic mass is 10.1. The number of hydrogen-bond donors (Lipinski definition) is 2. The fourth-order valence-electron chi connectivity index (χ4n) is 2.08. The van der Waals surface area contributed by atoms with E-state index < -0.39 is 4.92 Å². The van der Waals surface area contributed by atoms with Crippen molar-refractivity contribution < 1.29 is 4.92 Å². The van der Waals surface area contributed by atoms with E-state index in [1.807, 2.05) is 42.5 Å². The van der Waals surface area contributed by atoms with Crippen molar-refractivity contribution >= 4 is 33.9 Å². The normalized spacial score (nSPS) is 10.5. The number of rotatable bonds is 3. The summed E-state index contributed by atoms with van der Waals surface area (Å²) in [6.45, 7) is 0. The molecule has 7 nitrogen and oxygen atoms in total. The predicted octanol–water partition coefficient (Wildman–Crippen LogP) is 2.86. The Morgan fingerprint density at radius 3 is 2.71 bits per heavy atom. The molecule has 0 unspecified atom stereocenters. The molecule has 0 saturated heterocycles. The second kappa shape index (κ2) is 5.04. The van der Waals surface area contributed by atoms with E-state index in [2.05, 4.69) is 15.3 Å². The molecule has 0 aliphatic carbocycles. The second-order valence-corrected chi connectivity index (χ2v) is 4.37. The van der Waals surface area contributed by atoms with Gasteiger partial charge in [-0.3, -0.25) is 10.1 Å². The third kappa shape index (κ3) is 2.44. The molecule has 1 heterocycles. The lowest BCUT2D eigenvalue weighted by Gasteiger charge is -2.09. The number of hydrogen-bond acceptors (Lipinski definition) is 6. The molecule has 0 aliphatic rings. The maximum atomic E-state index is 11.0. The molecule has 104 valence electrons. The lowest BCUT2D eigenvalue weighted by molar-refractivity contribution is -0.384. The van der Waals surface area contributed by atoms with Gasteiger partial charge < -0.3 is 11.1 Å². The van der Waals surface area contributed by atoms with E-state index in [1.54, 1.807) is 0 Å². The molecule has 0 amide bonds. The van der Waals surface area contributed by atoms with Crippen LogP contribution < -0.4 is 11.1 Å². The van der Waals surface area contributed by atoms with Gasteiger partial charge in [-0.15, -0.1) is 0 Å². The van der Waals surface area contributed by atoms with E-state index in [1.165, 1.54) is 0 Å². The summed E-state index contributed by atoms with van der Waals surface area (Å²) in [7, 11) is 0. The van der Waals surface area contributed by atoms with Crippen molar-refractivity contribution in [2.75, 3.05) is 11.1 Å². The Morgan fingerprint density at radius 1 is 1.14 bits per heavy atom. The maximum absolute atomic E-state index is 11.0. The molecule has 0 bridgehead atoms. The molecule has 0 saturated carbocycles. The van der Waals surface area contributed by atoms with Crippen LogP contribution in [0.2, 0.25) is 0 Å². The molecule has 21 heavy (non-hydrogen) atoms. The Morgan fingerprint density at radius 2 is 1.90 bits per heavy atom. The molecule has 0 spiro atoms. The van der Waals surface area contributed by atoms with Gasteiger partial charge in [0, 0.05) is 11.1 Å². The summed E-state index contributed by atoms with van der Waals surface area (Å²) in [5.41, 5.74) is 6.00. The summed E-state index contributed by atoms with van der Waals surface area (Å²) < 4.78 is 0. The summed E-state index contributed by atoms with van der Waals surface area (Å²) in [4.78, 5) is 18.0. The number of nitrogens with zero attached hydrogens (tertiary/aromatic N) is 3. The first kappa shape index (κ1) is 12.8. The van der Waals surface area contributed by atoms with Gasteiger partial charge in [-0.05, 0) is 11.5 Å². The quantitative estimate of drug-likeness (QED) is 0.564. The van der Waals surface area contributed by atoms with Crippen molar-refractivity contribution in [1.29, 1.82) is 0 Å². The van der Waals surface area contributed by atoms with E-state index in [0.29, 0.717) is 5.69 Å². The van der Waals surface area contributed by atoms with Gasteiger partial charge in [0.25, 0.3) is 0 Å². The molecule has 7 heteroatoms. The fraction of sp³-hybridized carbons (Fsp3) is 0. The molecule has 3 N–H and O–H groups in total. The number of benzene rings is 2. The lowest BCUT2D eigenvalue weighted by Crippen LogP contribution is -2.04. The smallest absolute Gasteiger partial charge is 0.329 e. The largest absolute Gasteiger partial charge is 0.368 e. The van der Waals surface area contributed by atoms with E-state index in [4.69, 9.17) is 5.73 Å². The van der Waals surface area contributed by atoms with Crippen molar-refractivity contribution in [2.45, 2.75) is 0 Å². The number of fused-ring (bicyclic) bond motifs is 1. The van der Waals surface area contributed by atoms with Crippen LogP contribution in [0.5, 0.6) is 0 Å². The first-order chi connectivity index (χ1) is 10.1. The molecule has 3 rings (SSSR count). The molecule has 3 aromatic rings. The first-order valence-corrected chi connectivity index (χ1v) is 6.17. The van der Waals surface area contributed by atoms with E-state index in [9.17, 15) is 10.1 Å². The van der Waals surface area contributed by atoms with Crippen molar-refractivity contribution in [3.8, 4) is 0 Å². The van der Waals surface area contributed by atoms with Gasteiger partial charge in [0.2, 0.25) is 11.8 Å². The number of nitrogens with two attached hydrogens (primary N) is 1. The van der Waals surface area contributed by atoms with Gasteiger partial charge in [0.15, 0.2) is 0 Å². The van der Waals surface area contributed by atoms with Gasteiger partial charge in [-0.2, -0.15) is 4.98 Å². The van der Waals surface area contributed by atoms with Crippen molar-refractivity contribution in [3.05, 3.63) is 58.8 Å². The highest BCUT2D eigenvalue weighted by Crippen LogP contribution is 2.29. The van der Waals surface area contributed by atoms with Crippen molar-refractivity contribution in [3.63, 3.8) is 0 Å². The molecule has 0 radical (unpaired) electrons. The van der Waals surface area contributed by atoms with Crippen LogP contribution in [0.4, 0.5) is 23.1 Å². The van der Waals surface area contributed by atoms with Gasteiger partial charge in [-0.25, -0.2) is 4.98 Å². The fourth-order valence-corrected chi connectivity index (χ4v) is 2.08. The Hall–Kier alpha value is -3.22. The van der Waals surface area contributed by atoms with Crippen LogP contribution in [0.1, 0.15) is 0 Å². The molecule has 2 aromatic carbocycles. The predicted molar refractivity (Wildman–Crippen MR) is 80.3 cm³/mol. The van der Waals surface area contributed by atoms with Crippen LogP contribution in [-0.2, 0) is 0 Å². The van der Waals surface area contributed by atoms with Gasteiger partial charge >= 0.3 is 5.69 Å². The van der Waals surface area contributed by atoms with Crippen LogP contribution in [0.3, 0.4) is 0 Å². The van der Waals surface area contributed by atoms with Crippen molar-refractivity contribution in [1.82, 2.24) is 9.97 Å². The minimum atomic E-state index is -0.549. The van der Waals surface area contributed by atoms with E-state index >= 15 is 0 Å². The zero-order valence-corrected chi connectivity index (χ0v) is 10.9. The van der Waals surface area contributed by atoms with Gasteiger partial charge in [0.1, 0.15) is 6.20 Å². The highest BCUT2D eigenvalue weighted by molar-refractivity contribution is 5.95. The SMILES string of the molecule is Nc1ncc([N+](=O)[O-])c(Nc2cccc3ccccc23)n1. The number of nitro groups is 1. The number of aromatic nitrogens is 2. The maximum Gasteiger partial charge on any atom is 0.329 e. The molecular formula is C14H11N5O2. The average molecular weight is 281 g/mol. The zero-order chi connectivity index (χ0) is 14.8. The third-order valence-corrected chi connectivity index (χ3v) is 3.03. The highest BCUT2D eigenvalue weighted by atomic mass is 16.6. The van der Waals surface area contributed by atoms with E-state index in [-0.39, 0.29) is 17.5 Å². The Balaban J connectivity index is 2.11. The molecule has 0 atom stereocenters. The Labute approximate surface area is 119 Å². The molecule has 1 aromatic heterocycles. The topological polar surface area (TPSA) is 107 Å². The molecule has 0 aliphatic heterocycles. The Kier molecular flexibility index (Phi) is 3.07. The van der Waals surface area contributed by atoms with E-state index in [0.717, 1.165) is 17.0 Å². The number of nitrogens with one attached hydrogen (secondary N) is 1. The average Bonchev–Trinajstić information content (AvgIpc) is 2.47. The number of nitrogen functional groups attached to an aromatic ring is 1. The highest BCUT2D eigenvalue weighted by Gasteiger charge is 2.17. The monoisotopic (exact) mass is 281 g/mol. The molecular weight excluding hydrogens is 270 g/mol. The van der Waals surface area contributed by atoms with Crippen LogP contribution >= 0.6 is 0 Å².